The molecule has 0 aliphatic carbocycles. The van der Waals surface area contributed by atoms with Crippen LogP contribution in [0.15, 0.2) is 24.3 Å². The van der Waals surface area contributed by atoms with Gasteiger partial charge in [-0.25, -0.2) is 0 Å². The van der Waals surface area contributed by atoms with E-state index in [0.717, 1.165) is 12.1 Å². The Bertz CT molecular complexity index is 369. The van der Waals surface area contributed by atoms with Crippen molar-refractivity contribution < 1.29 is 26.3 Å². The molecule has 2 N–H and O–H groups in total. The molecule has 0 spiro atoms. The fraction of sp³-hybridized carbons (Fsp3) is 0.400. The van der Waals surface area contributed by atoms with Crippen LogP contribution in [0.2, 0.25) is 0 Å². The molecule has 1 nitrogen and oxygen atoms in total. The van der Waals surface area contributed by atoms with Crippen molar-refractivity contribution in [2.24, 2.45) is 5.73 Å². The average molecular weight is 294 g/mol. The van der Waals surface area contributed by atoms with E-state index in [1.54, 1.807) is 0 Å². The lowest BCUT2D eigenvalue weighted by atomic mass is 10.0. The quantitative estimate of drug-likeness (QED) is 0.817. The van der Waals surface area contributed by atoms with Crippen LogP contribution < -0.4 is 5.73 Å². The zero-order chi connectivity index (χ0) is 13.3. The molecule has 0 amide bonds. The molecule has 0 bridgehead atoms. The van der Waals surface area contributed by atoms with E-state index in [2.05, 4.69) is 0 Å². The van der Waals surface area contributed by atoms with Gasteiger partial charge in [0.05, 0.1) is 12.0 Å². The number of nitrogens with two attached hydrogens (primary N) is 1. The van der Waals surface area contributed by atoms with Crippen LogP contribution in [-0.4, -0.2) is 6.18 Å². The van der Waals surface area contributed by atoms with E-state index in [1.165, 1.54) is 0 Å². The van der Waals surface area contributed by atoms with Crippen LogP contribution in [0.1, 0.15) is 23.6 Å². The van der Waals surface area contributed by atoms with Gasteiger partial charge in [-0.3, -0.25) is 0 Å². The summed E-state index contributed by atoms with van der Waals surface area (Å²) in [4.78, 5) is 0. The number of hydrogen-bond acceptors (Lipinski definition) is 1. The maximum atomic E-state index is 12.2. The molecule has 0 aliphatic rings. The van der Waals surface area contributed by atoms with Crippen molar-refractivity contribution in [3.63, 3.8) is 0 Å². The monoisotopic (exact) mass is 293 g/mol. The van der Waals surface area contributed by atoms with E-state index in [-0.39, 0.29) is 18.0 Å². The summed E-state index contributed by atoms with van der Waals surface area (Å²) in [5, 5.41) is 0. The molecular weight excluding hydrogens is 284 g/mol. The molecule has 0 radical (unpaired) electrons. The summed E-state index contributed by atoms with van der Waals surface area (Å²) in [7, 11) is 0. The molecule has 0 aliphatic heterocycles. The Morgan fingerprint density at radius 2 is 1.39 bits per heavy atom. The van der Waals surface area contributed by atoms with Gasteiger partial charge in [-0.1, -0.05) is 12.1 Å². The van der Waals surface area contributed by atoms with Crippen LogP contribution in [0.5, 0.6) is 0 Å². The lowest BCUT2D eigenvalue weighted by Crippen LogP contribution is -2.20. The van der Waals surface area contributed by atoms with Crippen LogP contribution in [0, 0.1) is 0 Å². The minimum absolute atomic E-state index is 0. The zero-order valence-electron chi connectivity index (χ0n) is 8.85. The van der Waals surface area contributed by atoms with E-state index < -0.39 is 30.4 Å². The molecule has 0 saturated heterocycles. The van der Waals surface area contributed by atoms with E-state index in [0.29, 0.717) is 12.1 Å². The summed E-state index contributed by atoms with van der Waals surface area (Å²) >= 11 is 0. The van der Waals surface area contributed by atoms with Gasteiger partial charge in [0, 0.05) is 6.04 Å². The maximum absolute atomic E-state index is 12.2. The fourth-order valence-electron chi connectivity index (χ4n) is 1.29. The molecule has 8 heteroatoms. The highest BCUT2D eigenvalue weighted by Crippen LogP contribution is 2.31. The summed E-state index contributed by atoms with van der Waals surface area (Å²) in [5.41, 5.74) is 4.35. The SMILES string of the molecule is Cl.N[C@H](CC(F)(F)F)c1ccc(C(F)(F)F)cc1. The van der Waals surface area contributed by atoms with Crippen molar-refractivity contribution in [2.75, 3.05) is 0 Å². The number of rotatable bonds is 2. The van der Waals surface area contributed by atoms with Crippen molar-refractivity contribution in [1.29, 1.82) is 0 Å². The summed E-state index contributed by atoms with van der Waals surface area (Å²) in [6, 6.07) is 1.99. The minimum atomic E-state index is -4.51. The summed E-state index contributed by atoms with van der Waals surface area (Å²) < 4.78 is 72.5. The summed E-state index contributed by atoms with van der Waals surface area (Å²) in [6.45, 7) is 0. The predicted octanol–water partition coefficient (Wildman–Crippen LogP) is 4.08. The third kappa shape index (κ3) is 5.14. The second-order valence-electron chi connectivity index (χ2n) is 3.55. The van der Waals surface area contributed by atoms with Crippen LogP contribution in [-0.2, 0) is 6.18 Å². The molecule has 0 aromatic heterocycles. The van der Waals surface area contributed by atoms with Crippen molar-refractivity contribution in [1.82, 2.24) is 0 Å². The van der Waals surface area contributed by atoms with Gasteiger partial charge in [0.1, 0.15) is 0 Å². The zero-order valence-corrected chi connectivity index (χ0v) is 9.66. The van der Waals surface area contributed by atoms with Crippen LogP contribution in [0.25, 0.3) is 0 Å². The molecular formula is C10H10ClF6N. The lowest BCUT2D eigenvalue weighted by Gasteiger charge is -2.15. The smallest absolute Gasteiger partial charge is 0.324 e. The first kappa shape index (κ1) is 17.1. The highest BCUT2D eigenvalue weighted by atomic mass is 35.5. The van der Waals surface area contributed by atoms with Crippen LogP contribution >= 0.6 is 12.4 Å². The Morgan fingerprint density at radius 3 is 1.72 bits per heavy atom. The molecule has 1 atom stereocenters. The number of benzene rings is 1. The largest absolute Gasteiger partial charge is 0.416 e. The first-order valence-corrected chi connectivity index (χ1v) is 4.59. The highest BCUT2D eigenvalue weighted by molar-refractivity contribution is 5.85. The lowest BCUT2D eigenvalue weighted by molar-refractivity contribution is -0.139. The third-order valence-electron chi connectivity index (χ3n) is 2.12. The topological polar surface area (TPSA) is 26.0 Å². The van der Waals surface area contributed by atoms with Gasteiger partial charge in [0.15, 0.2) is 0 Å². The molecule has 104 valence electrons. The van der Waals surface area contributed by atoms with E-state index >= 15 is 0 Å². The predicted molar refractivity (Wildman–Crippen MR) is 56.3 cm³/mol. The second-order valence-corrected chi connectivity index (χ2v) is 3.55. The standard InChI is InChI=1S/C10H9F6N.ClH/c11-9(12,13)5-8(17)6-1-3-7(4-2-6)10(14,15)16;/h1-4,8H,5,17H2;1H/t8-;/m1./s1. The van der Waals surface area contributed by atoms with Crippen molar-refractivity contribution in [2.45, 2.75) is 24.8 Å². The minimum Gasteiger partial charge on any atom is -0.324 e. The van der Waals surface area contributed by atoms with Gasteiger partial charge in [-0.2, -0.15) is 26.3 Å². The molecule has 0 unspecified atom stereocenters. The highest BCUT2D eigenvalue weighted by Gasteiger charge is 2.32. The molecule has 1 rings (SSSR count). The molecule has 1 aromatic carbocycles. The number of alkyl halides is 6. The molecule has 0 fully saturated rings. The summed E-state index contributed by atoms with van der Waals surface area (Å²) in [5.74, 6) is 0. The average Bonchev–Trinajstić information content (AvgIpc) is 2.14. The normalized spacial score (nSPS) is 13.9. The third-order valence-corrected chi connectivity index (χ3v) is 2.12. The first-order valence-electron chi connectivity index (χ1n) is 4.59. The van der Waals surface area contributed by atoms with Gasteiger partial charge in [0.2, 0.25) is 0 Å². The molecule has 1 aromatic rings. The van der Waals surface area contributed by atoms with Crippen LogP contribution in [0.4, 0.5) is 26.3 Å². The van der Waals surface area contributed by atoms with Crippen LogP contribution in [0.3, 0.4) is 0 Å². The summed E-state index contributed by atoms with van der Waals surface area (Å²) in [6.07, 6.45) is -10.2. The fourth-order valence-corrected chi connectivity index (χ4v) is 1.29. The van der Waals surface area contributed by atoms with Crippen molar-refractivity contribution in [3.8, 4) is 0 Å². The van der Waals surface area contributed by atoms with E-state index in [4.69, 9.17) is 5.73 Å². The number of halogens is 7. The van der Waals surface area contributed by atoms with Gasteiger partial charge in [-0.15, -0.1) is 12.4 Å². The molecule has 18 heavy (non-hydrogen) atoms. The molecule has 0 saturated carbocycles. The second kappa shape index (κ2) is 5.79. The van der Waals surface area contributed by atoms with E-state index in [9.17, 15) is 26.3 Å². The Kier molecular flexibility index (Phi) is 5.49. The Hall–Kier alpha value is -0.950. The van der Waals surface area contributed by atoms with Gasteiger partial charge in [0.25, 0.3) is 0 Å². The van der Waals surface area contributed by atoms with Gasteiger partial charge >= 0.3 is 12.4 Å². The Morgan fingerprint density at radius 1 is 0.944 bits per heavy atom. The number of hydrogen-bond donors (Lipinski definition) is 1. The Labute approximate surface area is 105 Å². The first-order chi connectivity index (χ1) is 7.59. The molecule has 0 heterocycles. The Balaban J connectivity index is 0.00000289. The van der Waals surface area contributed by atoms with Gasteiger partial charge in [-0.05, 0) is 17.7 Å². The van der Waals surface area contributed by atoms with Crippen molar-refractivity contribution >= 4 is 12.4 Å². The van der Waals surface area contributed by atoms with Gasteiger partial charge < -0.3 is 5.73 Å². The maximum Gasteiger partial charge on any atom is 0.416 e. The van der Waals surface area contributed by atoms with Crippen molar-refractivity contribution in [3.05, 3.63) is 35.4 Å². The van der Waals surface area contributed by atoms with E-state index in [1.807, 2.05) is 0 Å².